The van der Waals surface area contributed by atoms with E-state index in [1.165, 1.54) is 5.56 Å². The van der Waals surface area contributed by atoms with Crippen molar-refractivity contribution in [3.05, 3.63) is 48.3 Å². The molecule has 0 spiro atoms. The molecule has 0 aliphatic carbocycles. The van der Waals surface area contributed by atoms with E-state index in [9.17, 15) is 4.79 Å². The van der Waals surface area contributed by atoms with Crippen molar-refractivity contribution < 1.29 is 4.79 Å². The summed E-state index contributed by atoms with van der Waals surface area (Å²) in [4.78, 5) is 12.0. The van der Waals surface area contributed by atoms with Crippen LogP contribution in [0.15, 0.2) is 42.7 Å². The molecule has 1 atom stereocenters. The molecule has 1 aliphatic heterocycles. The Labute approximate surface area is 118 Å². The van der Waals surface area contributed by atoms with E-state index in [1.807, 2.05) is 29.1 Å². The van der Waals surface area contributed by atoms with Crippen molar-refractivity contribution in [2.24, 2.45) is 0 Å². The van der Waals surface area contributed by atoms with Gasteiger partial charge in [-0.3, -0.25) is 9.48 Å². The molecule has 2 heterocycles. The number of nitrogens with zero attached hydrogens (tertiary/aromatic N) is 2. The van der Waals surface area contributed by atoms with Gasteiger partial charge in [-0.05, 0) is 24.9 Å². The molecule has 1 amide bonds. The molecule has 1 aliphatic rings. The number of hydrogen-bond acceptors (Lipinski definition) is 3. The Morgan fingerprint density at radius 2 is 2.25 bits per heavy atom. The summed E-state index contributed by atoms with van der Waals surface area (Å²) in [5.41, 5.74) is 1.94. The van der Waals surface area contributed by atoms with Crippen LogP contribution in [0.25, 0.3) is 0 Å². The number of benzene rings is 1. The second-order valence-corrected chi connectivity index (χ2v) is 5.05. The predicted octanol–water partition coefficient (Wildman–Crippen LogP) is 1.62. The second kappa shape index (κ2) is 5.88. The molecule has 1 aromatic heterocycles. The molecule has 1 fully saturated rings. The van der Waals surface area contributed by atoms with Gasteiger partial charge in [-0.2, -0.15) is 5.10 Å². The van der Waals surface area contributed by atoms with E-state index in [2.05, 4.69) is 27.9 Å². The van der Waals surface area contributed by atoms with Gasteiger partial charge < -0.3 is 10.6 Å². The van der Waals surface area contributed by atoms with Crippen LogP contribution in [0.2, 0.25) is 0 Å². The van der Waals surface area contributed by atoms with Crippen molar-refractivity contribution in [2.45, 2.75) is 25.4 Å². The zero-order valence-electron chi connectivity index (χ0n) is 11.2. The van der Waals surface area contributed by atoms with Crippen molar-refractivity contribution in [1.29, 1.82) is 0 Å². The molecule has 2 aromatic rings. The molecule has 20 heavy (non-hydrogen) atoms. The minimum Gasteiger partial charge on any atom is -0.322 e. The fourth-order valence-electron chi connectivity index (χ4n) is 2.42. The minimum atomic E-state index is -0.0625. The maximum absolute atomic E-state index is 12.0. The molecule has 3 rings (SSSR count). The van der Waals surface area contributed by atoms with E-state index in [1.54, 1.807) is 6.20 Å². The Kier molecular flexibility index (Phi) is 3.78. The van der Waals surface area contributed by atoms with E-state index >= 15 is 0 Å². The number of hydrogen-bond donors (Lipinski definition) is 2. The smallest absolute Gasteiger partial charge is 0.241 e. The van der Waals surface area contributed by atoms with Gasteiger partial charge in [0.25, 0.3) is 0 Å². The maximum Gasteiger partial charge on any atom is 0.241 e. The van der Waals surface area contributed by atoms with E-state index in [-0.39, 0.29) is 11.9 Å². The van der Waals surface area contributed by atoms with Gasteiger partial charge >= 0.3 is 0 Å². The summed E-state index contributed by atoms with van der Waals surface area (Å²) >= 11 is 0. The highest BCUT2D eigenvalue weighted by Gasteiger charge is 2.22. The summed E-state index contributed by atoms with van der Waals surface area (Å²) in [6, 6.07) is 10.1. The number of aromatic nitrogens is 2. The highest BCUT2D eigenvalue weighted by molar-refractivity contribution is 5.94. The quantitative estimate of drug-likeness (QED) is 0.887. The van der Waals surface area contributed by atoms with Crippen molar-refractivity contribution in [3.8, 4) is 0 Å². The van der Waals surface area contributed by atoms with E-state index in [0.29, 0.717) is 6.54 Å². The Morgan fingerprint density at radius 3 is 3.00 bits per heavy atom. The van der Waals surface area contributed by atoms with Gasteiger partial charge in [0.1, 0.15) is 0 Å². The SMILES string of the molecule is O=C(Nc1cnn(Cc2ccccc2)c1)[C@@H]1CCCN1. The van der Waals surface area contributed by atoms with Crippen LogP contribution in [0.3, 0.4) is 0 Å². The molecule has 1 saturated heterocycles. The first-order valence-electron chi connectivity index (χ1n) is 6.92. The lowest BCUT2D eigenvalue weighted by Gasteiger charge is -2.09. The third kappa shape index (κ3) is 3.05. The molecule has 0 unspecified atom stereocenters. The summed E-state index contributed by atoms with van der Waals surface area (Å²) in [5, 5.41) is 10.4. The van der Waals surface area contributed by atoms with Gasteiger partial charge in [-0.15, -0.1) is 0 Å². The lowest BCUT2D eigenvalue weighted by atomic mass is 10.2. The Hall–Kier alpha value is -2.14. The zero-order valence-corrected chi connectivity index (χ0v) is 11.2. The van der Waals surface area contributed by atoms with Crippen LogP contribution in [0.1, 0.15) is 18.4 Å². The number of carbonyl (C=O) groups is 1. The fourth-order valence-corrected chi connectivity index (χ4v) is 2.42. The van der Waals surface area contributed by atoms with Crippen molar-refractivity contribution in [2.75, 3.05) is 11.9 Å². The first kappa shape index (κ1) is 12.9. The van der Waals surface area contributed by atoms with Crippen LogP contribution in [0.5, 0.6) is 0 Å². The molecular formula is C15H18N4O. The number of carbonyl (C=O) groups excluding carboxylic acids is 1. The molecule has 0 bridgehead atoms. The lowest BCUT2D eigenvalue weighted by molar-refractivity contribution is -0.117. The van der Waals surface area contributed by atoms with Crippen LogP contribution >= 0.6 is 0 Å². The first-order valence-corrected chi connectivity index (χ1v) is 6.92. The predicted molar refractivity (Wildman–Crippen MR) is 77.4 cm³/mol. The Bertz CT molecular complexity index is 573. The summed E-state index contributed by atoms with van der Waals surface area (Å²) in [7, 11) is 0. The molecule has 2 N–H and O–H groups in total. The van der Waals surface area contributed by atoms with E-state index in [0.717, 1.165) is 25.1 Å². The second-order valence-electron chi connectivity index (χ2n) is 5.05. The van der Waals surface area contributed by atoms with Crippen LogP contribution in [-0.2, 0) is 11.3 Å². The Balaban J connectivity index is 1.60. The normalized spacial score (nSPS) is 18.1. The molecular weight excluding hydrogens is 252 g/mol. The summed E-state index contributed by atoms with van der Waals surface area (Å²) < 4.78 is 1.83. The monoisotopic (exact) mass is 270 g/mol. The maximum atomic E-state index is 12.0. The van der Waals surface area contributed by atoms with Crippen molar-refractivity contribution in [3.63, 3.8) is 0 Å². The molecule has 5 nitrogen and oxygen atoms in total. The van der Waals surface area contributed by atoms with Crippen LogP contribution in [0.4, 0.5) is 5.69 Å². The van der Waals surface area contributed by atoms with Crippen molar-refractivity contribution >= 4 is 11.6 Å². The largest absolute Gasteiger partial charge is 0.322 e. The highest BCUT2D eigenvalue weighted by Crippen LogP contribution is 2.11. The van der Waals surface area contributed by atoms with Crippen molar-refractivity contribution in [1.82, 2.24) is 15.1 Å². The fraction of sp³-hybridized carbons (Fsp3) is 0.333. The average Bonchev–Trinajstić information content (AvgIpc) is 3.11. The summed E-state index contributed by atoms with van der Waals surface area (Å²) in [5.74, 6) is 0.0294. The molecule has 0 saturated carbocycles. The topological polar surface area (TPSA) is 59.0 Å². The number of rotatable bonds is 4. The van der Waals surface area contributed by atoms with Gasteiger partial charge in [-0.25, -0.2) is 0 Å². The van der Waals surface area contributed by atoms with Gasteiger partial charge in [0.15, 0.2) is 0 Å². The summed E-state index contributed by atoms with van der Waals surface area (Å²) in [6.45, 7) is 1.63. The first-order chi connectivity index (χ1) is 9.81. The number of nitrogens with one attached hydrogen (secondary N) is 2. The summed E-state index contributed by atoms with van der Waals surface area (Å²) in [6.07, 6.45) is 5.52. The van der Waals surface area contributed by atoms with E-state index in [4.69, 9.17) is 0 Å². The molecule has 5 heteroatoms. The number of anilines is 1. The molecule has 0 radical (unpaired) electrons. The van der Waals surface area contributed by atoms with Crippen LogP contribution in [-0.4, -0.2) is 28.3 Å². The third-order valence-electron chi connectivity index (χ3n) is 3.46. The standard InChI is InChI=1S/C15H18N4O/c20-15(14-7-4-8-16-14)18-13-9-17-19(11-13)10-12-5-2-1-3-6-12/h1-3,5-6,9,11,14,16H,4,7-8,10H2,(H,18,20)/t14-/m0/s1. The van der Waals surface area contributed by atoms with Gasteiger partial charge in [0.05, 0.1) is 24.5 Å². The zero-order chi connectivity index (χ0) is 13.8. The molecule has 1 aromatic carbocycles. The van der Waals surface area contributed by atoms with Crippen LogP contribution in [0, 0.1) is 0 Å². The van der Waals surface area contributed by atoms with Gasteiger partial charge in [0, 0.05) is 6.20 Å². The van der Waals surface area contributed by atoms with Gasteiger partial charge in [0.2, 0.25) is 5.91 Å². The number of amides is 1. The van der Waals surface area contributed by atoms with Crippen LogP contribution < -0.4 is 10.6 Å². The van der Waals surface area contributed by atoms with E-state index < -0.39 is 0 Å². The average molecular weight is 270 g/mol. The lowest BCUT2D eigenvalue weighted by Crippen LogP contribution is -2.35. The highest BCUT2D eigenvalue weighted by atomic mass is 16.2. The molecule has 104 valence electrons. The Morgan fingerprint density at radius 1 is 1.40 bits per heavy atom. The third-order valence-corrected chi connectivity index (χ3v) is 3.46. The van der Waals surface area contributed by atoms with Gasteiger partial charge in [-0.1, -0.05) is 30.3 Å². The minimum absolute atomic E-state index is 0.0294.